The maximum Gasteiger partial charge on any atom is 0.121 e. The molecule has 66 valence electrons. The maximum atomic E-state index is 5.36. The summed E-state index contributed by atoms with van der Waals surface area (Å²) >= 11 is 0. The number of hydrogen-bond donors (Lipinski definition) is 1. The third-order valence-electron chi connectivity index (χ3n) is 1.79. The van der Waals surface area contributed by atoms with Gasteiger partial charge in [-0.05, 0) is 25.5 Å². The molecule has 0 atom stereocenters. The van der Waals surface area contributed by atoms with Crippen LogP contribution in [0.5, 0.6) is 5.75 Å². The van der Waals surface area contributed by atoms with Crippen molar-refractivity contribution in [2.45, 2.75) is 13.8 Å². The van der Waals surface area contributed by atoms with Crippen LogP contribution in [-0.2, 0) is 0 Å². The van der Waals surface area contributed by atoms with Crippen LogP contribution in [0.4, 0.5) is 5.69 Å². The van der Waals surface area contributed by atoms with E-state index in [-0.39, 0.29) is 0 Å². The van der Waals surface area contributed by atoms with Gasteiger partial charge in [0.2, 0.25) is 0 Å². The Labute approximate surface area is 73.6 Å². The van der Waals surface area contributed by atoms with Crippen molar-refractivity contribution >= 4 is 5.69 Å². The van der Waals surface area contributed by atoms with E-state index >= 15 is 0 Å². The van der Waals surface area contributed by atoms with Gasteiger partial charge >= 0.3 is 0 Å². The number of benzene rings is 1. The normalized spacial score (nSPS) is 9.58. The first kappa shape index (κ1) is 8.91. The largest absolute Gasteiger partial charge is 0.494 e. The van der Waals surface area contributed by atoms with Crippen molar-refractivity contribution in [3.63, 3.8) is 0 Å². The third-order valence-corrected chi connectivity index (χ3v) is 1.79. The highest BCUT2D eigenvalue weighted by Crippen LogP contribution is 2.21. The summed E-state index contributed by atoms with van der Waals surface area (Å²) in [5.41, 5.74) is 2.36. The fraction of sp³-hybridized carbons (Fsp3) is 0.400. The van der Waals surface area contributed by atoms with E-state index in [4.69, 9.17) is 4.74 Å². The first-order valence-electron chi connectivity index (χ1n) is 4.19. The standard InChI is InChI=1S/C10H15NO/c1-4-12-9-6-5-8(2)10(7-9)11-3/h5-7,11H,4H2,1-3H3. The zero-order chi connectivity index (χ0) is 8.97. The quantitative estimate of drug-likeness (QED) is 0.742. The van der Waals surface area contributed by atoms with Gasteiger partial charge in [0.05, 0.1) is 6.61 Å². The Balaban J connectivity index is 2.89. The summed E-state index contributed by atoms with van der Waals surface area (Å²) in [5.74, 6) is 0.924. The molecule has 0 amide bonds. The van der Waals surface area contributed by atoms with Crippen molar-refractivity contribution in [1.29, 1.82) is 0 Å². The number of hydrogen-bond acceptors (Lipinski definition) is 2. The van der Waals surface area contributed by atoms with Crippen LogP contribution in [0.1, 0.15) is 12.5 Å². The van der Waals surface area contributed by atoms with E-state index in [1.165, 1.54) is 5.56 Å². The lowest BCUT2D eigenvalue weighted by atomic mass is 10.2. The summed E-state index contributed by atoms with van der Waals surface area (Å²) in [6.45, 7) is 4.77. The van der Waals surface area contributed by atoms with Gasteiger partial charge in [-0.3, -0.25) is 0 Å². The van der Waals surface area contributed by atoms with Crippen LogP contribution < -0.4 is 10.1 Å². The summed E-state index contributed by atoms with van der Waals surface area (Å²) in [6, 6.07) is 6.05. The Morgan fingerprint density at radius 2 is 2.17 bits per heavy atom. The number of ether oxygens (including phenoxy) is 1. The molecule has 0 aliphatic heterocycles. The third kappa shape index (κ3) is 1.91. The Morgan fingerprint density at radius 3 is 2.75 bits per heavy atom. The molecule has 2 nitrogen and oxygen atoms in total. The number of nitrogens with one attached hydrogen (secondary N) is 1. The molecule has 1 aromatic carbocycles. The second kappa shape index (κ2) is 4.00. The van der Waals surface area contributed by atoms with Crippen molar-refractivity contribution in [2.75, 3.05) is 19.0 Å². The van der Waals surface area contributed by atoms with E-state index in [9.17, 15) is 0 Å². The van der Waals surface area contributed by atoms with Crippen LogP contribution in [0.15, 0.2) is 18.2 Å². The van der Waals surface area contributed by atoms with Gasteiger partial charge in [0.1, 0.15) is 5.75 Å². The van der Waals surface area contributed by atoms with Crippen molar-refractivity contribution in [3.8, 4) is 5.75 Å². The molecule has 2 heteroatoms. The second-order valence-electron chi connectivity index (χ2n) is 2.66. The Morgan fingerprint density at radius 1 is 1.42 bits per heavy atom. The Bertz CT molecular complexity index is 258. The van der Waals surface area contributed by atoms with E-state index in [1.807, 2.05) is 26.1 Å². The van der Waals surface area contributed by atoms with Gasteiger partial charge in [-0.25, -0.2) is 0 Å². The minimum Gasteiger partial charge on any atom is -0.494 e. The average Bonchev–Trinajstić information content (AvgIpc) is 2.09. The minimum atomic E-state index is 0.714. The van der Waals surface area contributed by atoms with E-state index in [1.54, 1.807) is 0 Å². The molecule has 0 spiro atoms. The van der Waals surface area contributed by atoms with Gasteiger partial charge in [0.25, 0.3) is 0 Å². The molecule has 0 bridgehead atoms. The summed E-state index contributed by atoms with van der Waals surface area (Å²) in [5, 5.41) is 3.11. The lowest BCUT2D eigenvalue weighted by Crippen LogP contribution is -1.95. The highest BCUT2D eigenvalue weighted by Gasteiger charge is 1.97. The van der Waals surface area contributed by atoms with Gasteiger partial charge in [-0.2, -0.15) is 0 Å². The number of aryl methyl sites for hydroxylation is 1. The summed E-state index contributed by atoms with van der Waals surface area (Å²) in [7, 11) is 1.91. The molecule has 0 radical (unpaired) electrons. The molecule has 0 heterocycles. The van der Waals surface area contributed by atoms with E-state index in [2.05, 4.69) is 18.3 Å². The highest BCUT2D eigenvalue weighted by atomic mass is 16.5. The lowest BCUT2D eigenvalue weighted by Gasteiger charge is -2.08. The maximum absolute atomic E-state index is 5.36. The van der Waals surface area contributed by atoms with E-state index < -0.39 is 0 Å². The summed E-state index contributed by atoms with van der Waals surface area (Å²) in [6.07, 6.45) is 0. The van der Waals surface area contributed by atoms with E-state index in [0.29, 0.717) is 6.61 Å². The number of anilines is 1. The zero-order valence-electron chi connectivity index (χ0n) is 7.85. The van der Waals surface area contributed by atoms with Gasteiger partial charge < -0.3 is 10.1 Å². The smallest absolute Gasteiger partial charge is 0.121 e. The first-order chi connectivity index (χ1) is 5.77. The fourth-order valence-corrected chi connectivity index (χ4v) is 1.13. The van der Waals surface area contributed by atoms with Crippen molar-refractivity contribution in [2.24, 2.45) is 0 Å². The molecule has 0 fully saturated rings. The van der Waals surface area contributed by atoms with Crippen LogP contribution in [0.3, 0.4) is 0 Å². The minimum absolute atomic E-state index is 0.714. The molecule has 0 aromatic heterocycles. The predicted molar refractivity (Wildman–Crippen MR) is 51.9 cm³/mol. The van der Waals surface area contributed by atoms with E-state index in [0.717, 1.165) is 11.4 Å². The lowest BCUT2D eigenvalue weighted by molar-refractivity contribution is 0.340. The van der Waals surface area contributed by atoms with Crippen molar-refractivity contribution < 1.29 is 4.74 Å². The molecule has 0 aliphatic rings. The van der Waals surface area contributed by atoms with Gasteiger partial charge in [0, 0.05) is 18.8 Å². The van der Waals surface area contributed by atoms with Gasteiger partial charge in [-0.1, -0.05) is 6.07 Å². The molecule has 1 aromatic rings. The topological polar surface area (TPSA) is 21.3 Å². The molecule has 0 saturated heterocycles. The molecular formula is C10H15NO. The highest BCUT2D eigenvalue weighted by molar-refractivity contribution is 5.54. The molecule has 0 aliphatic carbocycles. The molecule has 12 heavy (non-hydrogen) atoms. The molecule has 1 rings (SSSR count). The Hall–Kier alpha value is -1.18. The summed E-state index contributed by atoms with van der Waals surface area (Å²) in [4.78, 5) is 0. The second-order valence-corrected chi connectivity index (χ2v) is 2.66. The number of rotatable bonds is 3. The van der Waals surface area contributed by atoms with Crippen LogP contribution in [0.25, 0.3) is 0 Å². The van der Waals surface area contributed by atoms with Crippen LogP contribution in [0, 0.1) is 6.92 Å². The van der Waals surface area contributed by atoms with Crippen molar-refractivity contribution in [3.05, 3.63) is 23.8 Å². The van der Waals surface area contributed by atoms with Gasteiger partial charge in [-0.15, -0.1) is 0 Å². The van der Waals surface area contributed by atoms with Crippen LogP contribution in [-0.4, -0.2) is 13.7 Å². The molecule has 1 N–H and O–H groups in total. The Kier molecular flexibility index (Phi) is 2.97. The fourth-order valence-electron chi connectivity index (χ4n) is 1.13. The monoisotopic (exact) mass is 165 g/mol. The SMILES string of the molecule is CCOc1ccc(C)c(NC)c1. The van der Waals surface area contributed by atoms with Crippen LogP contribution in [0.2, 0.25) is 0 Å². The predicted octanol–water partition coefficient (Wildman–Crippen LogP) is 2.44. The zero-order valence-corrected chi connectivity index (χ0v) is 7.85. The summed E-state index contributed by atoms with van der Waals surface area (Å²) < 4.78 is 5.36. The molecule has 0 saturated carbocycles. The van der Waals surface area contributed by atoms with Crippen LogP contribution >= 0.6 is 0 Å². The molecule has 0 unspecified atom stereocenters. The van der Waals surface area contributed by atoms with Crippen molar-refractivity contribution in [1.82, 2.24) is 0 Å². The molecular weight excluding hydrogens is 150 g/mol. The van der Waals surface area contributed by atoms with Gasteiger partial charge in [0.15, 0.2) is 0 Å². The average molecular weight is 165 g/mol. The first-order valence-corrected chi connectivity index (χ1v) is 4.19.